The number of amides is 1. The molecule has 1 aromatic heterocycles. The van der Waals surface area contributed by atoms with E-state index in [1.807, 2.05) is 13.0 Å². The Balaban J connectivity index is 2.32. The van der Waals surface area contributed by atoms with Crippen LogP contribution in [0.1, 0.15) is 18.8 Å². The molecule has 5 heteroatoms. The number of carbonyl (C=O) groups excluding carboxylic acids is 1. The van der Waals surface area contributed by atoms with Crippen LogP contribution in [0.15, 0.2) is 22.8 Å². The third-order valence-electron chi connectivity index (χ3n) is 2.07. The van der Waals surface area contributed by atoms with E-state index >= 15 is 0 Å². The van der Waals surface area contributed by atoms with Crippen LogP contribution in [0.4, 0.5) is 0 Å². The lowest BCUT2D eigenvalue weighted by atomic mass is 10.2. The molecule has 1 aromatic rings. The summed E-state index contributed by atoms with van der Waals surface area (Å²) in [5.74, 6) is 0.537. The smallest absolute Gasteiger partial charge is 0.246 e. The van der Waals surface area contributed by atoms with E-state index in [4.69, 9.17) is 13.9 Å². The predicted octanol–water partition coefficient (Wildman–Crippen LogP) is 1.12. The highest BCUT2D eigenvalue weighted by Gasteiger charge is 2.14. The van der Waals surface area contributed by atoms with E-state index in [-0.39, 0.29) is 18.6 Å². The summed E-state index contributed by atoms with van der Waals surface area (Å²) in [6.07, 6.45) is 1.31. The molecule has 5 nitrogen and oxygen atoms in total. The Kier molecular flexibility index (Phi) is 5.60. The summed E-state index contributed by atoms with van der Waals surface area (Å²) in [6.45, 7) is 2.81. The van der Waals surface area contributed by atoms with Crippen LogP contribution >= 0.6 is 0 Å². The second kappa shape index (κ2) is 7.03. The third-order valence-corrected chi connectivity index (χ3v) is 2.07. The molecule has 0 aliphatic rings. The van der Waals surface area contributed by atoms with E-state index in [1.54, 1.807) is 19.4 Å². The zero-order valence-electron chi connectivity index (χ0n) is 9.56. The predicted molar refractivity (Wildman–Crippen MR) is 58.0 cm³/mol. The Morgan fingerprint density at radius 3 is 3.00 bits per heavy atom. The van der Waals surface area contributed by atoms with Gasteiger partial charge in [-0.1, -0.05) is 0 Å². The second-order valence-corrected chi connectivity index (χ2v) is 3.18. The van der Waals surface area contributed by atoms with Gasteiger partial charge in [0, 0.05) is 13.7 Å². The van der Waals surface area contributed by atoms with Crippen molar-refractivity contribution in [1.29, 1.82) is 0 Å². The molecule has 1 N–H and O–H groups in total. The van der Waals surface area contributed by atoms with Gasteiger partial charge in [-0.3, -0.25) is 4.79 Å². The average Bonchev–Trinajstić information content (AvgIpc) is 2.81. The molecule has 0 radical (unpaired) electrons. The number of rotatable bonds is 7. The topological polar surface area (TPSA) is 60.7 Å². The van der Waals surface area contributed by atoms with Gasteiger partial charge in [-0.2, -0.15) is 0 Å². The molecule has 1 atom stereocenters. The summed E-state index contributed by atoms with van der Waals surface area (Å²) >= 11 is 0. The van der Waals surface area contributed by atoms with E-state index < -0.39 is 0 Å². The fourth-order valence-corrected chi connectivity index (χ4v) is 1.23. The third kappa shape index (κ3) is 4.04. The van der Waals surface area contributed by atoms with Crippen LogP contribution in [0.25, 0.3) is 0 Å². The highest BCUT2D eigenvalue weighted by Crippen LogP contribution is 2.15. The molecule has 0 unspecified atom stereocenters. The molecular weight excluding hydrogens is 210 g/mol. The number of methoxy groups -OCH3 is 1. The summed E-state index contributed by atoms with van der Waals surface area (Å²) in [5, 5.41) is 2.71. The first-order valence-electron chi connectivity index (χ1n) is 5.18. The van der Waals surface area contributed by atoms with Crippen molar-refractivity contribution in [3.8, 4) is 0 Å². The van der Waals surface area contributed by atoms with E-state index in [0.29, 0.717) is 18.9 Å². The number of furan rings is 1. The van der Waals surface area contributed by atoms with E-state index in [2.05, 4.69) is 5.32 Å². The average molecular weight is 227 g/mol. The lowest BCUT2D eigenvalue weighted by molar-refractivity contribution is -0.126. The van der Waals surface area contributed by atoms with Gasteiger partial charge in [0.05, 0.1) is 12.8 Å². The summed E-state index contributed by atoms with van der Waals surface area (Å²) in [7, 11) is 1.57. The molecule has 1 rings (SSSR count). The molecule has 90 valence electrons. The van der Waals surface area contributed by atoms with Crippen LogP contribution in [-0.2, 0) is 14.3 Å². The van der Waals surface area contributed by atoms with Crippen molar-refractivity contribution in [3.05, 3.63) is 24.2 Å². The normalized spacial score (nSPS) is 12.4. The lowest BCUT2D eigenvalue weighted by Crippen LogP contribution is -2.32. The first kappa shape index (κ1) is 12.7. The number of nitrogens with one attached hydrogen (secondary N) is 1. The van der Waals surface area contributed by atoms with Crippen molar-refractivity contribution >= 4 is 5.91 Å². The Morgan fingerprint density at radius 1 is 1.62 bits per heavy atom. The fraction of sp³-hybridized carbons (Fsp3) is 0.545. The molecule has 0 aromatic carbocycles. The first-order chi connectivity index (χ1) is 7.77. The van der Waals surface area contributed by atoms with Gasteiger partial charge in [0.25, 0.3) is 0 Å². The number of carbonyl (C=O) groups is 1. The Labute approximate surface area is 94.7 Å². The molecule has 0 saturated carbocycles. The first-order valence-corrected chi connectivity index (χ1v) is 5.18. The summed E-state index contributed by atoms with van der Waals surface area (Å²) < 4.78 is 15.4. The van der Waals surface area contributed by atoms with Crippen molar-refractivity contribution < 1.29 is 18.7 Å². The fourth-order valence-electron chi connectivity index (χ4n) is 1.23. The minimum Gasteiger partial charge on any atom is -0.467 e. The molecular formula is C11H17NO4. The molecule has 0 aliphatic carbocycles. The van der Waals surface area contributed by atoms with Gasteiger partial charge in [0.15, 0.2) is 0 Å². The molecule has 0 bridgehead atoms. The maximum Gasteiger partial charge on any atom is 0.246 e. The van der Waals surface area contributed by atoms with Gasteiger partial charge in [-0.15, -0.1) is 0 Å². The van der Waals surface area contributed by atoms with Gasteiger partial charge in [0.2, 0.25) is 5.91 Å². The molecule has 16 heavy (non-hydrogen) atoms. The monoisotopic (exact) mass is 227 g/mol. The highest BCUT2D eigenvalue weighted by atomic mass is 16.5. The van der Waals surface area contributed by atoms with Crippen LogP contribution in [0.2, 0.25) is 0 Å². The standard InChI is InChI=1S/C11H17NO4/c1-3-15-8-11(13)12-7-10(14-2)9-5-4-6-16-9/h4-6,10H,3,7-8H2,1-2H3,(H,12,13)/t10-/m1/s1. The molecule has 0 spiro atoms. The van der Waals surface area contributed by atoms with Crippen molar-refractivity contribution in [1.82, 2.24) is 5.32 Å². The van der Waals surface area contributed by atoms with E-state index in [9.17, 15) is 4.79 Å². The lowest BCUT2D eigenvalue weighted by Gasteiger charge is -2.13. The molecule has 0 saturated heterocycles. The van der Waals surface area contributed by atoms with Crippen molar-refractivity contribution in [2.45, 2.75) is 13.0 Å². The van der Waals surface area contributed by atoms with Gasteiger partial charge < -0.3 is 19.2 Å². The minimum absolute atomic E-state index is 0.0745. The quantitative estimate of drug-likeness (QED) is 0.758. The Bertz CT molecular complexity index is 297. The van der Waals surface area contributed by atoms with Crippen LogP contribution in [-0.4, -0.2) is 32.8 Å². The molecule has 0 fully saturated rings. The van der Waals surface area contributed by atoms with Gasteiger partial charge in [-0.25, -0.2) is 0 Å². The van der Waals surface area contributed by atoms with Crippen molar-refractivity contribution in [2.24, 2.45) is 0 Å². The van der Waals surface area contributed by atoms with Gasteiger partial charge in [0.1, 0.15) is 18.5 Å². The summed E-state index contributed by atoms with van der Waals surface area (Å²) in [4.78, 5) is 11.3. The number of ether oxygens (including phenoxy) is 2. The SMILES string of the molecule is CCOCC(=O)NC[C@@H](OC)c1ccco1. The minimum atomic E-state index is -0.263. The zero-order chi connectivity index (χ0) is 11.8. The molecule has 1 heterocycles. The van der Waals surface area contributed by atoms with Gasteiger partial charge >= 0.3 is 0 Å². The molecule has 1 amide bonds. The highest BCUT2D eigenvalue weighted by molar-refractivity contribution is 5.77. The zero-order valence-corrected chi connectivity index (χ0v) is 9.56. The van der Waals surface area contributed by atoms with Crippen LogP contribution < -0.4 is 5.32 Å². The molecule has 0 aliphatic heterocycles. The van der Waals surface area contributed by atoms with Crippen molar-refractivity contribution in [3.63, 3.8) is 0 Å². The second-order valence-electron chi connectivity index (χ2n) is 3.18. The number of hydrogen-bond acceptors (Lipinski definition) is 4. The van der Waals surface area contributed by atoms with Crippen LogP contribution in [0.3, 0.4) is 0 Å². The maximum absolute atomic E-state index is 11.3. The Hall–Kier alpha value is -1.33. The van der Waals surface area contributed by atoms with Crippen molar-refractivity contribution in [2.75, 3.05) is 26.9 Å². The van der Waals surface area contributed by atoms with Crippen LogP contribution in [0, 0.1) is 0 Å². The van der Waals surface area contributed by atoms with E-state index in [1.165, 1.54) is 0 Å². The van der Waals surface area contributed by atoms with E-state index in [0.717, 1.165) is 0 Å². The Morgan fingerprint density at radius 2 is 2.44 bits per heavy atom. The van der Waals surface area contributed by atoms with Gasteiger partial charge in [-0.05, 0) is 19.1 Å². The largest absolute Gasteiger partial charge is 0.467 e. The maximum atomic E-state index is 11.3. The van der Waals surface area contributed by atoms with Crippen LogP contribution in [0.5, 0.6) is 0 Å². The summed E-state index contributed by atoms with van der Waals surface area (Å²) in [5.41, 5.74) is 0. The number of hydrogen-bond donors (Lipinski definition) is 1. The summed E-state index contributed by atoms with van der Waals surface area (Å²) in [6, 6.07) is 3.59.